The Morgan fingerprint density at radius 1 is 1.47 bits per heavy atom. The van der Waals surface area contributed by atoms with E-state index in [-0.39, 0.29) is 0 Å². The normalized spacial score (nSPS) is 24.6. The molecule has 0 saturated carbocycles. The van der Waals surface area contributed by atoms with Crippen molar-refractivity contribution >= 4 is 11.0 Å². The first kappa shape index (κ1) is 10.7. The second-order valence-corrected chi connectivity index (χ2v) is 4.83. The van der Waals surface area contributed by atoms with Gasteiger partial charge in [0.1, 0.15) is 11.5 Å². The first-order valence-electron chi connectivity index (χ1n) is 5.98. The number of benzene rings is 1. The van der Waals surface area contributed by atoms with Gasteiger partial charge in [0.15, 0.2) is 0 Å². The van der Waals surface area contributed by atoms with E-state index in [1.807, 2.05) is 35.9 Å². The zero-order chi connectivity index (χ0) is 11.9. The van der Waals surface area contributed by atoms with Crippen molar-refractivity contribution in [1.82, 2.24) is 14.9 Å². The molecule has 3 rings (SSSR count). The van der Waals surface area contributed by atoms with Crippen LogP contribution in [0.25, 0.3) is 11.0 Å². The van der Waals surface area contributed by atoms with E-state index in [1.165, 1.54) is 0 Å². The molecule has 1 N–H and O–H groups in total. The number of hydrogen-bond acceptors (Lipinski definition) is 2. The van der Waals surface area contributed by atoms with Gasteiger partial charge in [-0.25, -0.2) is 9.37 Å². The molecule has 3 nitrogen and oxygen atoms in total. The molecule has 90 valence electrons. The second kappa shape index (κ2) is 3.81. The van der Waals surface area contributed by atoms with Crippen LogP contribution in [0.5, 0.6) is 0 Å². The van der Waals surface area contributed by atoms with Crippen molar-refractivity contribution in [2.45, 2.75) is 18.5 Å². The molecule has 1 aromatic heterocycles. The molecule has 1 aromatic carbocycles. The average molecular weight is 233 g/mol. The number of para-hydroxylation sites is 2. The molecule has 1 aliphatic rings. The van der Waals surface area contributed by atoms with Gasteiger partial charge in [-0.1, -0.05) is 12.1 Å². The highest BCUT2D eigenvalue weighted by Crippen LogP contribution is 2.26. The van der Waals surface area contributed by atoms with Gasteiger partial charge in [0.2, 0.25) is 0 Å². The van der Waals surface area contributed by atoms with Gasteiger partial charge >= 0.3 is 0 Å². The minimum atomic E-state index is -1.13. The van der Waals surface area contributed by atoms with Gasteiger partial charge in [-0.15, -0.1) is 0 Å². The van der Waals surface area contributed by atoms with Crippen molar-refractivity contribution in [2.24, 2.45) is 7.05 Å². The van der Waals surface area contributed by atoms with Crippen molar-refractivity contribution in [3.8, 4) is 0 Å². The quantitative estimate of drug-likeness (QED) is 0.857. The molecular weight excluding hydrogens is 217 g/mol. The van der Waals surface area contributed by atoms with Crippen LogP contribution in [0, 0.1) is 0 Å². The van der Waals surface area contributed by atoms with Gasteiger partial charge in [0, 0.05) is 20.0 Å². The molecule has 0 aliphatic carbocycles. The molecule has 4 heteroatoms. The van der Waals surface area contributed by atoms with Gasteiger partial charge < -0.3 is 9.88 Å². The lowest BCUT2D eigenvalue weighted by Gasteiger charge is -2.17. The largest absolute Gasteiger partial charge is 0.331 e. The minimum Gasteiger partial charge on any atom is -0.331 e. The number of aromatic nitrogens is 2. The minimum absolute atomic E-state index is 0.394. The van der Waals surface area contributed by atoms with Gasteiger partial charge in [-0.2, -0.15) is 0 Å². The summed E-state index contributed by atoms with van der Waals surface area (Å²) in [7, 11) is 1.95. The molecule has 1 atom stereocenters. The standard InChI is InChI=1S/C13H16FN3/c1-17-11-5-3-2-4-10(11)16-12(17)8-13(14)6-7-15-9-13/h2-5,15H,6-9H2,1H3. The van der Waals surface area contributed by atoms with Crippen LogP contribution >= 0.6 is 0 Å². The summed E-state index contributed by atoms with van der Waals surface area (Å²) in [5.74, 6) is 0.831. The molecule has 2 heterocycles. The Hall–Kier alpha value is -1.42. The lowest BCUT2D eigenvalue weighted by atomic mass is 10.0. The lowest BCUT2D eigenvalue weighted by molar-refractivity contribution is 0.186. The maximum Gasteiger partial charge on any atom is 0.131 e. The molecule has 1 saturated heterocycles. The molecule has 17 heavy (non-hydrogen) atoms. The molecule has 0 amide bonds. The van der Waals surface area contributed by atoms with Gasteiger partial charge in [0.25, 0.3) is 0 Å². The number of nitrogens with zero attached hydrogens (tertiary/aromatic N) is 2. The summed E-state index contributed by atoms with van der Waals surface area (Å²) >= 11 is 0. The lowest BCUT2D eigenvalue weighted by Crippen LogP contribution is -2.29. The van der Waals surface area contributed by atoms with Gasteiger partial charge in [-0.05, 0) is 25.1 Å². The Balaban J connectivity index is 1.97. The van der Waals surface area contributed by atoms with E-state index in [9.17, 15) is 4.39 Å². The van der Waals surface area contributed by atoms with Crippen LogP contribution in [0.1, 0.15) is 12.2 Å². The van der Waals surface area contributed by atoms with E-state index >= 15 is 0 Å². The third-order valence-electron chi connectivity index (χ3n) is 3.55. The van der Waals surface area contributed by atoms with Crippen molar-refractivity contribution in [1.29, 1.82) is 0 Å². The van der Waals surface area contributed by atoms with E-state index in [1.54, 1.807) is 0 Å². The third-order valence-corrected chi connectivity index (χ3v) is 3.55. The van der Waals surface area contributed by atoms with Crippen LogP contribution in [0.15, 0.2) is 24.3 Å². The number of aryl methyl sites for hydroxylation is 1. The molecule has 1 fully saturated rings. The first-order valence-corrected chi connectivity index (χ1v) is 5.98. The summed E-state index contributed by atoms with van der Waals surface area (Å²) in [5.41, 5.74) is 0.881. The van der Waals surface area contributed by atoms with Gasteiger partial charge in [0.05, 0.1) is 11.0 Å². The molecule has 0 spiro atoms. The van der Waals surface area contributed by atoms with Gasteiger partial charge in [-0.3, -0.25) is 0 Å². The Bertz CT molecular complexity index is 541. The highest BCUT2D eigenvalue weighted by molar-refractivity contribution is 5.75. The maximum atomic E-state index is 14.4. The zero-order valence-corrected chi connectivity index (χ0v) is 9.91. The van der Waals surface area contributed by atoms with Crippen LogP contribution in [0.2, 0.25) is 0 Å². The monoisotopic (exact) mass is 233 g/mol. The zero-order valence-electron chi connectivity index (χ0n) is 9.91. The van der Waals surface area contributed by atoms with E-state index in [0.717, 1.165) is 23.4 Å². The predicted octanol–water partition coefficient (Wildman–Crippen LogP) is 1.82. The number of nitrogens with one attached hydrogen (secondary N) is 1. The number of rotatable bonds is 2. The Morgan fingerprint density at radius 2 is 2.29 bits per heavy atom. The van der Waals surface area contributed by atoms with Crippen molar-refractivity contribution in [3.05, 3.63) is 30.1 Å². The van der Waals surface area contributed by atoms with E-state index in [2.05, 4.69) is 10.3 Å². The summed E-state index contributed by atoms with van der Waals surface area (Å²) in [4.78, 5) is 4.52. The van der Waals surface area contributed by atoms with E-state index < -0.39 is 5.67 Å². The van der Waals surface area contributed by atoms with Crippen LogP contribution in [0.4, 0.5) is 4.39 Å². The van der Waals surface area contributed by atoms with Crippen molar-refractivity contribution in [3.63, 3.8) is 0 Å². The summed E-state index contributed by atoms with van der Waals surface area (Å²) in [5, 5.41) is 3.07. The first-order chi connectivity index (χ1) is 8.18. The Kier molecular flexibility index (Phi) is 2.40. The fourth-order valence-electron chi connectivity index (χ4n) is 2.50. The fraction of sp³-hybridized carbons (Fsp3) is 0.462. The summed E-state index contributed by atoms with van der Waals surface area (Å²) in [6.45, 7) is 1.21. The molecule has 0 bridgehead atoms. The van der Waals surface area contributed by atoms with E-state index in [0.29, 0.717) is 19.4 Å². The number of imidazole rings is 1. The summed E-state index contributed by atoms with van der Waals surface area (Å²) in [6.07, 6.45) is 0.974. The van der Waals surface area contributed by atoms with Crippen molar-refractivity contribution < 1.29 is 4.39 Å². The average Bonchev–Trinajstić information content (AvgIpc) is 2.86. The van der Waals surface area contributed by atoms with E-state index in [4.69, 9.17) is 0 Å². The summed E-state index contributed by atoms with van der Waals surface area (Å²) < 4.78 is 16.4. The maximum absolute atomic E-state index is 14.4. The Labute approximate surface area is 99.7 Å². The van der Waals surface area contributed by atoms with Crippen LogP contribution in [0.3, 0.4) is 0 Å². The smallest absolute Gasteiger partial charge is 0.131 e. The van der Waals surface area contributed by atoms with Crippen LogP contribution in [-0.2, 0) is 13.5 Å². The SMILES string of the molecule is Cn1c(CC2(F)CCNC2)nc2ccccc21. The number of hydrogen-bond donors (Lipinski definition) is 1. The van der Waals surface area contributed by atoms with Crippen molar-refractivity contribution in [2.75, 3.05) is 13.1 Å². The van der Waals surface area contributed by atoms with Crippen LogP contribution < -0.4 is 5.32 Å². The number of alkyl halides is 1. The molecule has 2 aromatic rings. The third kappa shape index (κ3) is 1.82. The number of fused-ring (bicyclic) bond motifs is 1. The highest BCUT2D eigenvalue weighted by atomic mass is 19.1. The second-order valence-electron chi connectivity index (χ2n) is 4.83. The Morgan fingerprint density at radius 3 is 3.00 bits per heavy atom. The fourth-order valence-corrected chi connectivity index (χ4v) is 2.50. The molecule has 0 radical (unpaired) electrons. The van der Waals surface area contributed by atoms with Crippen LogP contribution in [-0.4, -0.2) is 28.3 Å². The highest BCUT2D eigenvalue weighted by Gasteiger charge is 2.35. The molecule has 1 aliphatic heterocycles. The predicted molar refractivity (Wildman–Crippen MR) is 65.7 cm³/mol. The molecule has 1 unspecified atom stereocenters. The topological polar surface area (TPSA) is 29.9 Å². The number of halogens is 1. The summed E-state index contributed by atoms with van der Waals surface area (Å²) in [6, 6.07) is 7.93. The molecular formula is C13H16FN3.